The van der Waals surface area contributed by atoms with Crippen LogP contribution in [0.1, 0.15) is 56.8 Å². The maximum absolute atomic E-state index is 13.2. The topological polar surface area (TPSA) is 121 Å². The quantitative estimate of drug-likeness (QED) is 0.641. The normalized spacial score (nSPS) is 22.6. The van der Waals surface area contributed by atoms with Gasteiger partial charge in [0.1, 0.15) is 17.2 Å². The van der Waals surface area contributed by atoms with E-state index in [1.54, 1.807) is 6.92 Å². The van der Waals surface area contributed by atoms with Crippen LogP contribution in [-0.4, -0.2) is 58.7 Å². The summed E-state index contributed by atoms with van der Waals surface area (Å²) in [5.41, 5.74) is -0.192. The fourth-order valence-electron chi connectivity index (χ4n) is 3.66. The molecule has 1 saturated heterocycles. The Labute approximate surface area is 180 Å². The molecule has 2 aliphatic rings. The Morgan fingerprint density at radius 3 is 2.60 bits per heavy atom. The van der Waals surface area contributed by atoms with Gasteiger partial charge in [0.15, 0.2) is 5.82 Å². The maximum Gasteiger partial charge on any atom is 0.240 e. The Balaban J connectivity index is 1.62. The lowest BCUT2D eigenvalue weighted by molar-refractivity contribution is 0.0950. The zero-order valence-electron chi connectivity index (χ0n) is 17.1. The zero-order chi connectivity index (χ0) is 21.5. The first-order valence-electron chi connectivity index (χ1n) is 9.80. The Hall–Kier alpha value is -1.82. The van der Waals surface area contributed by atoms with E-state index in [0.29, 0.717) is 18.2 Å². The molecule has 1 saturated carbocycles. The molecule has 164 valence electrons. The number of ether oxygens (including phenoxy) is 2. The Bertz CT molecular complexity index is 1000. The van der Waals surface area contributed by atoms with Gasteiger partial charge in [0, 0.05) is 37.6 Å². The van der Waals surface area contributed by atoms with Crippen molar-refractivity contribution in [2.75, 3.05) is 25.0 Å². The highest BCUT2D eigenvalue weighted by atomic mass is 35.5. The van der Waals surface area contributed by atoms with Gasteiger partial charge >= 0.3 is 0 Å². The van der Waals surface area contributed by atoms with Gasteiger partial charge in [0.25, 0.3) is 0 Å². The number of anilines is 1. The molecule has 10 nitrogen and oxygen atoms in total. The minimum Gasteiger partial charge on any atom is -0.381 e. The fraction of sp³-hybridized carbons (Fsp3) is 0.667. The highest BCUT2D eigenvalue weighted by Gasteiger charge is 2.45. The van der Waals surface area contributed by atoms with E-state index in [1.165, 1.54) is 19.5 Å². The number of methoxy groups -OCH3 is 1. The van der Waals surface area contributed by atoms with Crippen molar-refractivity contribution >= 4 is 27.6 Å². The molecule has 1 aliphatic carbocycles. The smallest absolute Gasteiger partial charge is 0.240 e. The van der Waals surface area contributed by atoms with E-state index < -0.39 is 21.4 Å². The number of hydrogen-bond donors (Lipinski definition) is 1. The summed E-state index contributed by atoms with van der Waals surface area (Å²) in [5.74, 6) is 1.33. The van der Waals surface area contributed by atoms with Gasteiger partial charge in [-0.3, -0.25) is 9.29 Å². The summed E-state index contributed by atoms with van der Waals surface area (Å²) in [7, 11) is -2.47. The third-order valence-corrected chi connectivity index (χ3v) is 7.68. The number of hydrogen-bond acceptors (Lipinski definition) is 8. The number of nitrogens with one attached hydrogen (secondary N) is 1. The van der Waals surface area contributed by atoms with Crippen molar-refractivity contribution in [3.8, 4) is 0 Å². The molecule has 0 amide bonds. The second-order valence-electron chi connectivity index (χ2n) is 8.04. The highest BCUT2D eigenvalue weighted by molar-refractivity contribution is 7.93. The molecule has 12 heteroatoms. The zero-order valence-corrected chi connectivity index (χ0v) is 18.6. The highest BCUT2D eigenvalue weighted by Crippen LogP contribution is 2.47. The van der Waals surface area contributed by atoms with Crippen LogP contribution in [-0.2, 0) is 25.0 Å². The maximum atomic E-state index is 13.2. The molecule has 0 bridgehead atoms. The van der Waals surface area contributed by atoms with Crippen LogP contribution in [0, 0.1) is 0 Å². The minimum atomic E-state index is -3.89. The van der Waals surface area contributed by atoms with E-state index in [2.05, 4.69) is 31.8 Å². The number of nitrogens with zero attached hydrogens (tertiary/aromatic N) is 5. The predicted molar refractivity (Wildman–Crippen MR) is 110 cm³/mol. The molecule has 0 aromatic carbocycles. The van der Waals surface area contributed by atoms with Crippen molar-refractivity contribution in [2.24, 2.45) is 0 Å². The molecule has 2 aromatic rings. The van der Waals surface area contributed by atoms with Crippen molar-refractivity contribution < 1.29 is 17.9 Å². The molecular formula is C18H25ClN6O4S. The lowest BCUT2D eigenvalue weighted by Gasteiger charge is -2.23. The van der Waals surface area contributed by atoms with Crippen LogP contribution in [0.3, 0.4) is 0 Å². The Morgan fingerprint density at radius 1 is 1.33 bits per heavy atom. The number of halogens is 1. The summed E-state index contributed by atoms with van der Waals surface area (Å²) < 4.78 is 41.8. The summed E-state index contributed by atoms with van der Waals surface area (Å²) >= 11 is 5.84. The second kappa shape index (κ2) is 8.03. The third-order valence-electron chi connectivity index (χ3n) is 5.79. The molecule has 3 heterocycles. The average molecular weight is 457 g/mol. The summed E-state index contributed by atoms with van der Waals surface area (Å²) in [4.78, 5) is 8.21. The number of aromatic nitrogens is 5. The van der Waals surface area contributed by atoms with Crippen molar-refractivity contribution in [1.82, 2.24) is 24.7 Å². The van der Waals surface area contributed by atoms with Crippen LogP contribution >= 0.6 is 11.6 Å². The largest absolute Gasteiger partial charge is 0.381 e. The molecule has 30 heavy (non-hydrogen) atoms. The van der Waals surface area contributed by atoms with E-state index in [0.717, 1.165) is 25.1 Å². The van der Waals surface area contributed by atoms with Gasteiger partial charge < -0.3 is 9.47 Å². The van der Waals surface area contributed by atoms with Gasteiger partial charge in [-0.15, -0.1) is 10.2 Å². The summed E-state index contributed by atoms with van der Waals surface area (Å²) in [5, 5.41) is 7.87. The lowest BCUT2D eigenvalue weighted by Crippen LogP contribution is -2.34. The molecule has 4 rings (SSSR count). The summed E-state index contributed by atoms with van der Waals surface area (Å²) in [6.07, 6.45) is 4.66. The van der Waals surface area contributed by atoms with E-state index in [1.807, 2.05) is 4.57 Å². The van der Waals surface area contributed by atoms with Gasteiger partial charge in [-0.05, 0) is 33.1 Å². The van der Waals surface area contributed by atoms with E-state index in [9.17, 15) is 8.42 Å². The van der Waals surface area contributed by atoms with Gasteiger partial charge in [0.2, 0.25) is 16.0 Å². The fourth-order valence-corrected chi connectivity index (χ4v) is 4.89. The molecule has 3 atom stereocenters. The van der Waals surface area contributed by atoms with Crippen LogP contribution in [0.15, 0.2) is 12.4 Å². The standard InChI is InChI=1S/C18H25ClN6O4S/c1-11(14(28-3)15-20-8-13(19)9-21-15)30(26,27)24-17-23-22-16(12-4-7-29-10-12)25(17)18(2)5-6-18/h8-9,11-12,14H,4-7,10H2,1-3H3,(H,23,24)/t11-,12?,14-/m0/s1. The van der Waals surface area contributed by atoms with Crippen LogP contribution < -0.4 is 4.72 Å². The molecular weight excluding hydrogens is 432 g/mol. The van der Waals surface area contributed by atoms with Crippen LogP contribution in [0.4, 0.5) is 5.95 Å². The summed E-state index contributed by atoms with van der Waals surface area (Å²) in [6.45, 7) is 4.86. The van der Waals surface area contributed by atoms with Gasteiger partial charge in [-0.2, -0.15) is 0 Å². The van der Waals surface area contributed by atoms with Crippen molar-refractivity contribution in [3.05, 3.63) is 29.1 Å². The van der Waals surface area contributed by atoms with Gasteiger partial charge in [0.05, 0.1) is 11.6 Å². The molecule has 1 N–H and O–H groups in total. The van der Waals surface area contributed by atoms with Gasteiger partial charge in [-0.1, -0.05) is 11.6 Å². The molecule has 1 aliphatic heterocycles. The molecule has 2 fully saturated rings. The van der Waals surface area contributed by atoms with Crippen molar-refractivity contribution in [3.63, 3.8) is 0 Å². The average Bonchev–Trinajstić information content (AvgIpc) is 3.12. The Morgan fingerprint density at radius 2 is 2.03 bits per heavy atom. The molecule has 1 unspecified atom stereocenters. The number of rotatable bonds is 8. The molecule has 2 aromatic heterocycles. The first-order valence-corrected chi connectivity index (χ1v) is 11.7. The molecule has 0 radical (unpaired) electrons. The SMILES string of the molecule is CO[C@H](c1ncc(Cl)cn1)[C@H](C)S(=O)(=O)Nc1nnc(C2CCOC2)n1C1(C)CC1. The van der Waals surface area contributed by atoms with Crippen molar-refractivity contribution in [1.29, 1.82) is 0 Å². The van der Waals surface area contributed by atoms with Crippen molar-refractivity contribution in [2.45, 2.75) is 55.9 Å². The second-order valence-corrected chi connectivity index (χ2v) is 10.5. The van der Waals surface area contributed by atoms with Crippen LogP contribution in [0.5, 0.6) is 0 Å². The van der Waals surface area contributed by atoms with E-state index >= 15 is 0 Å². The predicted octanol–water partition coefficient (Wildman–Crippen LogP) is 2.25. The monoisotopic (exact) mass is 456 g/mol. The minimum absolute atomic E-state index is 0.111. The van der Waals surface area contributed by atoms with E-state index in [-0.39, 0.29) is 23.2 Å². The van der Waals surface area contributed by atoms with E-state index in [4.69, 9.17) is 21.1 Å². The first kappa shape index (κ1) is 21.4. The van der Waals surface area contributed by atoms with Crippen LogP contribution in [0.25, 0.3) is 0 Å². The number of sulfonamides is 1. The summed E-state index contributed by atoms with van der Waals surface area (Å²) in [6, 6.07) is 0. The third kappa shape index (κ3) is 4.03. The first-order chi connectivity index (χ1) is 14.2. The Kier molecular flexibility index (Phi) is 5.73. The molecule has 0 spiro atoms. The lowest BCUT2D eigenvalue weighted by atomic mass is 10.1. The van der Waals surface area contributed by atoms with Gasteiger partial charge in [-0.25, -0.2) is 18.4 Å². The van der Waals surface area contributed by atoms with Crippen LogP contribution in [0.2, 0.25) is 5.02 Å².